The lowest BCUT2D eigenvalue weighted by molar-refractivity contribution is -0.143. The smallest absolute Gasteiger partial charge is 0.338 e. The molecule has 0 radical (unpaired) electrons. The first-order valence-corrected chi connectivity index (χ1v) is 13.5. The van der Waals surface area contributed by atoms with Crippen LogP contribution in [0.3, 0.4) is 0 Å². The zero-order valence-corrected chi connectivity index (χ0v) is 23.2. The second kappa shape index (κ2) is 14.9. The molecule has 0 saturated carbocycles. The molecule has 0 amide bonds. The third-order valence-electron chi connectivity index (χ3n) is 5.19. The molecule has 0 aliphatic carbocycles. The van der Waals surface area contributed by atoms with E-state index in [1.807, 2.05) is 0 Å². The van der Waals surface area contributed by atoms with Crippen LogP contribution in [0.15, 0.2) is 82.6 Å². The van der Waals surface area contributed by atoms with Gasteiger partial charge in [-0.2, -0.15) is 0 Å². The van der Waals surface area contributed by atoms with E-state index < -0.39 is 72.3 Å². The van der Waals surface area contributed by atoms with E-state index in [1.165, 1.54) is 62.4 Å². The van der Waals surface area contributed by atoms with Gasteiger partial charge in [-0.1, -0.05) is 13.2 Å². The fraction of sp³-hybridized carbons (Fsp3) is 0.286. The summed E-state index contributed by atoms with van der Waals surface area (Å²) in [6, 6.07) is 9.64. The van der Waals surface area contributed by atoms with Crippen LogP contribution in [0.4, 0.5) is 0 Å². The van der Waals surface area contributed by atoms with Crippen molar-refractivity contribution in [3.63, 3.8) is 0 Å². The fourth-order valence-corrected chi connectivity index (χ4v) is 4.17. The largest absolute Gasteiger partial charge is 0.459 e. The summed E-state index contributed by atoms with van der Waals surface area (Å²) in [5, 5.41) is 19.2. The number of aliphatic hydroxyl groups is 2. The Morgan fingerprint density at radius 2 is 1.15 bits per heavy atom. The highest BCUT2D eigenvalue weighted by Gasteiger charge is 2.22. The molecule has 2 aromatic rings. The van der Waals surface area contributed by atoms with Crippen LogP contribution in [0, 0.1) is 0 Å². The second-order valence-corrected chi connectivity index (χ2v) is 10.7. The van der Waals surface area contributed by atoms with Crippen LogP contribution in [0.25, 0.3) is 0 Å². The van der Waals surface area contributed by atoms with Crippen molar-refractivity contribution < 1.29 is 56.8 Å². The van der Waals surface area contributed by atoms with Gasteiger partial charge >= 0.3 is 23.9 Å². The van der Waals surface area contributed by atoms with Crippen molar-refractivity contribution in [1.29, 1.82) is 0 Å². The van der Waals surface area contributed by atoms with Crippen molar-refractivity contribution in [2.75, 3.05) is 26.4 Å². The molecule has 0 spiro atoms. The lowest BCUT2D eigenvalue weighted by Gasteiger charge is -2.16. The normalized spacial score (nSPS) is 12.4. The Kier molecular flexibility index (Phi) is 11.9. The first-order chi connectivity index (χ1) is 19.3. The summed E-state index contributed by atoms with van der Waals surface area (Å²) >= 11 is 0. The number of ether oxygens (including phenoxy) is 4. The van der Waals surface area contributed by atoms with Gasteiger partial charge in [0.05, 0.1) is 27.5 Å². The Hall–Kier alpha value is -4.33. The Bertz CT molecular complexity index is 1390. The minimum Gasteiger partial charge on any atom is -0.459 e. The zero-order valence-electron chi connectivity index (χ0n) is 22.4. The Morgan fingerprint density at radius 1 is 0.732 bits per heavy atom. The van der Waals surface area contributed by atoms with Gasteiger partial charge in [0.2, 0.25) is 9.84 Å². The summed E-state index contributed by atoms with van der Waals surface area (Å²) in [5.74, 6) is -3.12. The maximum absolute atomic E-state index is 13.0. The quantitative estimate of drug-likeness (QED) is 0.185. The maximum Gasteiger partial charge on any atom is 0.338 e. The number of hydrogen-bond acceptors (Lipinski definition) is 12. The van der Waals surface area contributed by atoms with Gasteiger partial charge in [0, 0.05) is 11.1 Å². The number of hydrogen-bond donors (Lipinski definition) is 2. The van der Waals surface area contributed by atoms with Crippen molar-refractivity contribution in [2.24, 2.45) is 0 Å². The Labute approximate surface area is 236 Å². The number of carbonyl (C=O) groups is 4. The maximum atomic E-state index is 13.0. The third kappa shape index (κ3) is 9.67. The molecule has 0 heterocycles. The number of esters is 4. The van der Waals surface area contributed by atoms with Crippen LogP contribution < -0.4 is 0 Å². The molecule has 13 heteroatoms. The molecular formula is C28H30O12S. The van der Waals surface area contributed by atoms with E-state index in [9.17, 15) is 37.8 Å². The van der Waals surface area contributed by atoms with Gasteiger partial charge in [-0.25, -0.2) is 27.6 Å². The van der Waals surface area contributed by atoms with Gasteiger partial charge in [0.15, 0.2) is 6.10 Å². The predicted molar refractivity (Wildman–Crippen MR) is 142 cm³/mol. The molecule has 2 N–H and O–H groups in total. The molecule has 2 aromatic carbocycles. The monoisotopic (exact) mass is 590 g/mol. The van der Waals surface area contributed by atoms with Crippen molar-refractivity contribution >= 4 is 33.7 Å². The molecule has 12 nitrogen and oxygen atoms in total. The van der Waals surface area contributed by atoms with E-state index >= 15 is 0 Å². The summed E-state index contributed by atoms with van der Waals surface area (Å²) in [7, 11) is -4.03. The van der Waals surface area contributed by atoms with Crippen LogP contribution >= 0.6 is 0 Å². The average Bonchev–Trinajstić information content (AvgIpc) is 2.96. The van der Waals surface area contributed by atoms with Gasteiger partial charge in [-0.3, -0.25) is 0 Å². The van der Waals surface area contributed by atoms with Crippen molar-refractivity contribution in [3.05, 3.63) is 84.0 Å². The fourth-order valence-electron chi connectivity index (χ4n) is 2.91. The molecule has 0 aliphatic rings. The summed E-state index contributed by atoms with van der Waals surface area (Å²) < 4.78 is 45.7. The summed E-state index contributed by atoms with van der Waals surface area (Å²) in [6.07, 6.45) is -2.41. The highest BCUT2D eigenvalue weighted by atomic mass is 32.2. The van der Waals surface area contributed by atoms with Gasteiger partial charge in [-0.15, -0.1) is 0 Å². The van der Waals surface area contributed by atoms with Crippen LogP contribution in [0.5, 0.6) is 0 Å². The molecular weight excluding hydrogens is 560 g/mol. The van der Waals surface area contributed by atoms with E-state index in [0.717, 1.165) is 0 Å². The Morgan fingerprint density at radius 3 is 1.59 bits per heavy atom. The van der Waals surface area contributed by atoms with Crippen molar-refractivity contribution in [1.82, 2.24) is 0 Å². The number of aliphatic hydroxyl groups excluding tert-OH is 2. The van der Waals surface area contributed by atoms with E-state index in [1.54, 1.807) is 0 Å². The molecule has 0 saturated heterocycles. The van der Waals surface area contributed by atoms with E-state index in [-0.39, 0.29) is 32.1 Å². The number of carbonyl (C=O) groups excluding carboxylic acids is 4. The van der Waals surface area contributed by atoms with Crippen molar-refractivity contribution in [3.8, 4) is 0 Å². The SMILES string of the molecule is C=C(C)C(=O)OCC(O)COC(=O)c1ccc(S(=O)(=O)c2ccc(C(=O)OC(CO)COC(=O)C(=C)C)cc2)cc1. The topological polar surface area (TPSA) is 180 Å². The highest BCUT2D eigenvalue weighted by Crippen LogP contribution is 2.22. The van der Waals surface area contributed by atoms with Gasteiger partial charge < -0.3 is 29.2 Å². The molecule has 220 valence electrons. The molecule has 2 rings (SSSR count). The number of sulfone groups is 1. The number of benzene rings is 2. The van der Waals surface area contributed by atoms with Crippen LogP contribution in [-0.2, 0) is 38.4 Å². The minimum absolute atomic E-state index is 0.0108. The summed E-state index contributed by atoms with van der Waals surface area (Å²) in [5.41, 5.74) is 0.286. The first kappa shape index (κ1) is 32.9. The minimum atomic E-state index is -4.03. The summed E-state index contributed by atoms with van der Waals surface area (Å²) in [6.45, 7) is 7.82. The van der Waals surface area contributed by atoms with Gasteiger partial charge in [-0.05, 0) is 62.4 Å². The molecule has 0 aliphatic heterocycles. The lowest BCUT2D eigenvalue weighted by Crippen LogP contribution is -2.28. The number of rotatable bonds is 14. The highest BCUT2D eigenvalue weighted by molar-refractivity contribution is 7.91. The molecule has 0 aromatic heterocycles. The molecule has 2 atom stereocenters. The second-order valence-electron chi connectivity index (χ2n) is 8.77. The zero-order chi connectivity index (χ0) is 30.7. The molecule has 41 heavy (non-hydrogen) atoms. The van der Waals surface area contributed by atoms with Gasteiger partial charge in [0.25, 0.3) is 0 Å². The first-order valence-electron chi connectivity index (χ1n) is 12.0. The van der Waals surface area contributed by atoms with E-state index in [2.05, 4.69) is 13.2 Å². The molecule has 0 fully saturated rings. The Balaban J connectivity index is 1.99. The third-order valence-corrected chi connectivity index (χ3v) is 6.97. The average molecular weight is 591 g/mol. The molecule has 2 unspecified atom stereocenters. The van der Waals surface area contributed by atoms with Crippen LogP contribution in [-0.4, -0.2) is 81.1 Å². The van der Waals surface area contributed by atoms with E-state index in [0.29, 0.717) is 0 Å². The summed E-state index contributed by atoms with van der Waals surface area (Å²) in [4.78, 5) is 47.2. The lowest BCUT2D eigenvalue weighted by atomic mass is 10.2. The standard InChI is InChI=1S/C28H30O12S/c1-17(2)25(31)37-14-21(30)15-38-27(33)19-5-9-23(10-6-19)41(35,36)24-11-7-20(8-12-24)28(34)40-22(13-29)16-39-26(32)18(3)4/h5-12,21-22,29-30H,1,3,13-16H2,2,4H3. The van der Waals surface area contributed by atoms with Crippen LogP contribution in [0.2, 0.25) is 0 Å². The van der Waals surface area contributed by atoms with Crippen molar-refractivity contribution in [2.45, 2.75) is 35.8 Å². The van der Waals surface area contributed by atoms with Crippen LogP contribution in [0.1, 0.15) is 34.6 Å². The molecule has 0 bridgehead atoms. The van der Waals surface area contributed by atoms with Gasteiger partial charge in [0.1, 0.15) is 25.9 Å². The predicted octanol–water partition coefficient (Wildman–Crippen LogP) is 1.79. The van der Waals surface area contributed by atoms with E-state index in [4.69, 9.17) is 18.9 Å².